The highest BCUT2D eigenvalue weighted by Gasteiger charge is 2.20. The number of ether oxygens (including phenoxy) is 1. The van der Waals surface area contributed by atoms with Gasteiger partial charge in [0.05, 0.1) is 23.0 Å². The Hall–Kier alpha value is -5.77. The number of hydrogen-bond acceptors (Lipinski definition) is 6. The van der Waals surface area contributed by atoms with Crippen LogP contribution in [0.2, 0.25) is 0 Å². The number of hydrogen-bond donors (Lipinski definition) is 4. The van der Waals surface area contributed by atoms with Crippen LogP contribution in [0.25, 0.3) is 22.4 Å². The molecule has 0 spiro atoms. The molecule has 0 aliphatic heterocycles. The molecule has 0 aliphatic carbocycles. The van der Waals surface area contributed by atoms with Gasteiger partial charge in [0.2, 0.25) is 0 Å². The summed E-state index contributed by atoms with van der Waals surface area (Å²) in [5.41, 5.74) is 11.0. The molecule has 10 nitrogen and oxygen atoms in total. The van der Waals surface area contributed by atoms with E-state index >= 15 is 0 Å². The molecule has 0 fully saturated rings. The molecule has 46 heavy (non-hydrogen) atoms. The van der Waals surface area contributed by atoms with Crippen molar-refractivity contribution < 1.29 is 24.2 Å². The molecule has 1 heterocycles. The monoisotopic (exact) mass is 617 g/mol. The van der Waals surface area contributed by atoms with Crippen molar-refractivity contribution in [2.24, 2.45) is 5.73 Å². The molecule has 4 aromatic carbocycles. The average Bonchev–Trinajstić information content (AvgIpc) is 3.43. The van der Waals surface area contributed by atoms with Crippen LogP contribution in [-0.4, -0.2) is 44.9 Å². The first-order chi connectivity index (χ1) is 22.3. The number of aromatic nitrogens is 2. The largest absolute Gasteiger partial charge is 0.481 e. The second-order valence-corrected chi connectivity index (χ2v) is 10.9. The molecular weight excluding hydrogens is 582 g/mol. The van der Waals surface area contributed by atoms with Crippen molar-refractivity contribution in [3.8, 4) is 11.4 Å². The number of benzene rings is 4. The average molecular weight is 618 g/mol. The first kappa shape index (κ1) is 31.6. The van der Waals surface area contributed by atoms with E-state index in [-0.39, 0.29) is 31.0 Å². The molecule has 0 aliphatic rings. The summed E-state index contributed by atoms with van der Waals surface area (Å²) in [6, 6.07) is 29.7. The Morgan fingerprint density at radius 2 is 1.57 bits per heavy atom. The SMILES string of the molecule is N=C(N)c1cc(C(=O)OCc2ccccc2)ccc1-c1nc2cc(C(=O)NCCC(=O)O)ccc2n1CCCCc1ccccc1. The zero-order chi connectivity index (χ0) is 32.5. The molecule has 10 heteroatoms. The zero-order valence-electron chi connectivity index (χ0n) is 25.2. The van der Waals surface area contributed by atoms with E-state index in [0.29, 0.717) is 34.6 Å². The van der Waals surface area contributed by atoms with Gasteiger partial charge in [0.1, 0.15) is 18.3 Å². The number of carboxylic acids is 1. The minimum atomic E-state index is -0.997. The lowest BCUT2D eigenvalue weighted by atomic mass is 10.0. The van der Waals surface area contributed by atoms with Crippen molar-refractivity contribution >= 4 is 34.7 Å². The number of fused-ring (bicyclic) bond motifs is 1. The summed E-state index contributed by atoms with van der Waals surface area (Å²) in [4.78, 5) is 41.4. The van der Waals surface area contributed by atoms with Crippen LogP contribution in [0.1, 0.15) is 56.7 Å². The number of imidazole rings is 1. The van der Waals surface area contributed by atoms with Crippen LogP contribution in [0.15, 0.2) is 97.1 Å². The Balaban J connectivity index is 1.45. The molecular formula is C36H35N5O5. The number of nitrogens with two attached hydrogens (primary N) is 1. The van der Waals surface area contributed by atoms with Crippen molar-refractivity contribution in [1.29, 1.82) is 5.41 Å². The lowest BCUT2D eigenvalue weighted by Crippen LogP contribution is -2.25. The second kappa shape index (κ2) is 14.8. The van der Waals surface area contributed by atoms with Crippen LogP contribution in [0.4, 0.5) is 0 Å². The topological polar surface area (TPSA) is 160 Å². The normalized spacial score (nSPS) is 10.9. The van der Waals surface area contributed by atoms with E-state index < -0.39 is 17.8 Å². The van der Waals surface area contributed by atoms with Crippen LogP contribution in [-0.2, 0) is 29.1 Å². The zero-order valence-corrected chi connectivity index (χ0v) is 25.2. The van der Waals surface area contributed by atoms with Gasteiger partial charge in [-0.2, -0.15) is 0 Å². The lowest BCUT2D eigenvalue weighted by Gasteiger charge is -2.14. The number of unbranched alkanes of at least 4 members (excludes halogenated alkanes) is 1. The molecule has 0 atom stereocenters. The highest BCUT2D eigenvalue weighted by molar-refractivity contribution is 6.04. The number of esters is 1. The minimum Gasteiger partial charge on any atom is -0.481 e. The van der Waals surface area contributed by atoms with E-state index in [1.165, 1.54) is 5.56 Å². The summed E-state index contributed by atoms with van der Waals surface area (Å²) in [7, 11) is 0. The Bertz CT molecular complexity index is 1870. The highest BCUT2D eigenvalue weighted by Crippen LogP contribution is 2.30. The molecule has 0 radical (unpaired) electrons. The van der Waals surface area contributed by atoms with Gasteiger partial charge in [-0.3, -0.25) is 15.0 Å². The molecule has 0 saturated carbocycles. The molecule has 1 amide bonds. The van der Waals surface area contributed by atoms with E-state index in [4.69, 9.17) is 26.0 Å². The number of amides is 1. The highest BCUT2D eigenvalue weighted by atomic mass is 16.5. The lowest BCUT2D eigenvalue weighted by molar-refractivity contribution is -0.136. The summed E-state index contributed by atoms with van der Waals surface area (Å²) in [5, 5.41) is 19.9. The summed E-state index contributed by atoms with van der Waals surface area (Å²) < 4.78 is 7.55. The molecule has 0 bridgehead atoms. The number of aryl methyl sites for hydroxylation is 2. The molecule has 5 rings (SSSR count). The molecule has 0 unspecified atom stereocenters. The third kappa shape index (κ3) is 7.84. The van der Waals surface area contributed by atoms with Gasteiger partial charge in [0.15, 0.2) is 0 Å². The van der Waals surface area contributed by atoms with Gasteiger partial charge in [-0.1, -0.05) is 60.7 Å². The third-order valence-corrected chi connectivity index (χ3v) is 7.57. The van der Waals surface area contributed by atoms with E-state index in [9.17, 15) is 14.4 Å². The predicted octanol–water partition coefficient (Wildman–Crippen LogP) is 5.57. The van der Waals surface area contributed by atoms with Crippen molar-refractivity contribution in [3.63, 3.8) is 0 Å². The predicted molar refractivity (Wildman–Crippen MR) is 176 cm³/mol. The first-order valence-corrected chi connectivity index (χ1v) is 15.0. The van der Waals surface area contributed by atoms with E-state index in [1.807, 2.05) is 59.2 Å². The van der Waals surface area contributed by atoms with Gasteiger partial charge in [-0.25, -0.2) is 9.78 Å². The van der Waals surface area contributed by atoms with Crippen LogP contribution in [0, 0.1) is 5.41 Å². The maximum Gasteiger partial charge on any atom is 0.338 e. The second-order valence-electron chi connectivity index (χ2n) is 10.9. The Kier molecular flexibility index (Phi) is 10.2. The summed E-state index contributed by atoms with van der Waals surface area (Å²) in [6.45, 7) is 0.734. The van der Waals surface area contributed by atoms with Crippen molar-refractivity contribution in [3.05, 3.63) is 125 Å². The third-order valence-electron chi connectivity index (χ3n) is 7.57. The number of nitrogen functional groups attached to an aromatic ring is 1. The number of carbonyl (C=O) groups excluding carboxylic acids is 2. The summed E-state index contributed by atoms with van der Waals surface area (Å²) in [6.07, 6.45) is 2.50. The summed E-state index contributed by atoms with van der Waals surface area (Å²) >= 11 is 0. The summed E-state index contributed by atoms with van der Waals surface area (Å²) in [5.74, 6) is -1.61. The number of rotatable bonds is 14. The number of amidine groups is 1. The van der Waals surface area contributed by atoms with Gasteiger partial charge in [0, 0.05) is 29.8 Å². The van der Waals surface area contributed by atoms with Gasteiger partial charge < -0.3 is 25.5 Å². The number of carbonyl (C=O) groups is 3. The standard InChI is InChI=1S/C36H35N5O5/c37-33(38)29-21-27(36(45)46-23-25-12-5-2-6-13-25)14-16-28(29)34-40-30-22-26(35(44)39-19-18-32(42)43)15-17-31(30)41(34)20-8-7-11-24-9-3-1-4-10-24/h1-6,9-10,12-17,21-22H,7-8,11,18-20,23H2,(H3,37,38)(H,39,44)(H,42,43). The molecule has 5 N–H and O–H groups in total. The molecule has 1 aromatic heterocycles. The van der Waals surface area contributed by atoms with Crippen molar-refractivity contribution in [2.75, 3.05) is 6.54 Å². The van der Waals surface area contributed by atoms with Crippen molar-refractivity contribution in [2.45, 2.75) is 38.8 Å². The maximum atomic E-state index is 12.9. The van der Waals surface area contributed by atoms with Gasteiger partial charge >= 0.3 is 11.9 Å². The van der Waals surface area contributed by atoms with Crippen molar-refractivity contribution in [1.82, 2.24) is 14.9 Å². The van der Waals surface area contributed by atoms with Gasteiger partial charge in [-0.05, 0) is 66.8 Å². The number of nitrogens with zero attached hydrogens (tertiary/aromatic N) is 2. The fourth-order valence-corrected chi connectivity index (χ4v) is 5.23. The van der Waals surface area contributed by atoms with Gasteiger partial charge in [-0.15, -0.1) is 0 Å². The smallest absolute Gasteiger partial charge is 0.338 e. The van der Waals surface area contributed by atoms with E-state index in [2.05, 4.69) is 17.4 Å². The number of nitrogens with one attached hydrogen (secondary N) is 2. The number of aliphatic carboxylic acids is 1. The van der Waals surface area contributed by atoms with Crippen LogP contribution in [0.3, 0.4) is 0 Å². The Morgan fingerprint density at radius 1 is 0.870 bits per heavy atom. The van der Waals surface area contributed by atoms with Crippen LogP contribution >= 0.6 is 0 Å². The molecule has 0 saturated heterocycles. The molecule has 5 aromatic rings. The number of carboxylic acid groups (broad SMARTS) is 1. The van der Waals surface area contributed by atoms with Crippen LogP contribution < -0.4 is 11.1 Å². The van der Waals surface area contributed by atoms with Crippen LogP contribution in [0.5, 0.6) is 0 Å². The van der Waals surface area contributed by atoms with Gasteiger partial charge in [0.25, 0.3) is 5.91 Å². The minimum absolute atomic E-state index is 0.00934. The Labute approximate surface area is 266 Å². The Morgan fingerprint density at radius 3 is 2.26 bits per heavy atom. The van der Waals surface area contributed by atoms with E-state index in [1.54, 1.807) is 30.3 Å². The van der Waals surface area contributed by atoms with E-state index in [0.717, 1.165) is 30.3 Å². The quantitative estimate of drug-likeness (QED) is 0.0548. The molecule has 234 valence electrons. The fourth-order valence-electron chi connectivity index (χ4n) is 5.23. The maximum absolute atomic E-state index is 12.9. The first-order valence-electron chi connectivity index (χ1n) is 15.0. The fraction of sp³-hybridized carbons (Fsp3) is 0.194.